The van der Waals surface area contributed by atoms with E-state index in [1.54, 1.807) is 10.4 Å². The summed E-state index contributed by atoms with van der Waals surface area (Å²) in [7, 11) is -2.18. The second-order valence-electron chi connectivity index (χ2n) is 15.9. The standard InChI is InChI=1S/C44H50Si.2CH3.Hf/c1-29(2)45(30(3)4,37-25-33-13-11-15-39(41(33)27-37)31-17-21-35(22-18-31)43(5,6)7)38-26-34-14-12-16-40(42(34)28-38)32-19-23-36(24-20-32)44(8,9)10;;;/h11-30H,1-10H3;2*1H3;/q-2;2*-1;+4. The zero-order chi connectivity index (χ0) is 32.3. The maximum Gasteiger partial charge on any atom is 4.00 e. The van der Waals surface area contributed by atoms with E-state index in [0.29, 0.717) is 11.1 Å². The van der Waals surface area contributed by atoms with Crippen molar-refractivity contribution in [2.75, 3.05) is 0 Å². The van der Waals surface area contributed by atoms with Gasteiger partial charge in [-0.15, -0.1) is 68.3 Å². The molecule has 0 atom stereocenters. The first-order valence-electron chi connectivity index (χ1n) is 16.8. The molecule has 0 aliphatic carbocycles. The average Bonchev–Trinajstić information content (AvgIpc) is 3.61. The summed E-state index contributed by atoms with van der Waals surface area (Å²) in [5.74, 6) is 0. The molecule has 0 aromatic heterocycles. The Balaban J connectivity index is 0.00000208. The van der Waals surface area contributed by atoms with Gasteiger partial charge < -0.3 is 14.9 Å². The van der Waals surface area contributed by atoms with Crippen LogP contribution in [0.2, 0.25) is 11.1 Å². The second-order valence-corrected chi connectivity index (χ2v) is 21.1. The van der Waals surface area contributed by atoms with Gasteiger partial charge in [-0.3, -0.25) is 0 Å². The topological polar surface area (TPSA) is 0 Å². The molecule has 0 fully saturated rings. The molecule has 6 aromatic rings. The van der Waals surface area contributed by atoms with Gasteiger partial charge in [0.15, 0.2) is 0 Å². The van der Waals surface area contributed by atoms with Crippen molar-refractivity contribution in [3.8, 4) is 22.3 Å². The van der Waals surface area contributed by atoms with Crippen molar-refractivity contribution >= 4 is 40.0 Å². The quantitative estimate of drug-likeness (QED) is 0.116. The van der Waals surface area contributed by atoms with Gasteiger partial charge in [-0.05, 0) is 44.2 Å². The van der Waals surface area contributed by atoms with Crippen molar-refractivity contribution in [3.63, 3.8) is 0 Å². The normalized spacial score (nSPS) is 12.2. The molecule has 0 N–H and O–H groups in total. The molecule has 6 aromatic carbocycles. The van der Waals surface area contributed by atoms with Gasteiger partial charge in [-0.1, -0.05) is 141 Å². The molecule has 0 amide bonds. The van der Waals surface area contributed by atoms with Crippen LogP contribution >= 0.6 is 0 Å². The number of hydrogen-bond acceptors (Lipinski definition) is 0. The molecule has 0 spiro atoms. The van der Waals surface area contributed by atoms with E-state index >= 15 is 0 Å². The zero-order valence-corrected chi connectivity index (χ0v) is 36.1. The largest absolute Gasteiger partial charge is 4.00 e. The van der Waals surface area contributed by atoms with E-state index in [1.807, 2.05) is 0 Å². The molecule has 48 heavy (non-hydrogen) atoms. The molecule has 0 heterocycles. The van der Waals surface area contributed by atoms with Crippen molar-refractivity contribution in [2.24, 2.45) is 0 Å². The summed E-state index contributed by atoms with van der Waals surface area (Å²) in [6.07, 6.45) is 0. The Morgan fingerprint density at radius 1 is 0.500 bits per heavy atom. The van der Waals surface area contributed by atoms with E-state index in [0.717, 1.165) is 0 Å². The maximum atomic E-state index is 2.57. The molecule has 0 aliphatic rings. The summed E-state index contributed by atoms with van der Waals surface area (Å²) in [4.78, 5) is 0. The molecule has 0 nitrogen and oxygen atoms in total. The maximum absolute atomic E-state index is 2.57. The minimum atomic E-state index is -2.18. The van der Waals surface area contributed by atoms with Gasteiger partial charge in [-0.25, -0.2) is 0 Å². The Labute approximate surface area is 312 Å². The van der Waals surface area contributed by atoms with Gasteiger partial charge >= 0.3 is 25.8 Å². The molecular formula is C46H56HfSi. The monoisotopic (exact) mass is 816 g/mol. The minimum absolute atomic E-state index is 0. The Morgan fingerprint density at radius 2 is 0.833 bits per heavy atom. The van der Waals surface area contributed by atoms with Crippen LogP contribution < -0.4 is 10.4 Å². The van der Waals surface area contributed by atoms with Gasteiger partial charge in [0.05, 0.1) is 8.07 Å². The Morgan fingerprint density at radius 3 is 1.12 bits per heavy atom. The van der Waals surface area contributed by atoms with Crippen molar-refractivity contribution in [1.82, 2.24) is 0 Å². The van der Waals surface area contributed by atoms with Crippen molar-refractivity contribution in [1.29, 1.82) is 0 Å². The summed E-state index contributed by atoms with van der Waals surface area (Å²) < 4.78 is 0. The Bertz CT molecular complexity index is 1800. The van der Waals surface area contributed by atoms with Crippen LogP contribution in [0.4, 0.5) is 0 Å². The predicted octanol–water partition coefficient (Wildman–Crippen LogP) is 12.6. The summed E-state index contributed by atoms with van der Waals surface area (Å²) in [6, 6.07) is 42.4. The van der Waals surface area contributed by atoms with Crippen molar-refractivity contribution in [2.45, 2.75) is 91.1 Å². The minimum Gasteiger partial charge on any atom is -0.358 e. The predicted molar refractivity (Wildman–Crippen MR) is 215 cm³/mol. The number of fused-ring (bicyclic) bond motifs is 2. The molecule has 2 heteroatoms. The molecule has 0 aliphatic heterocycles. The van der Waals surface area contributed by atoms with Crippen LogP contribution in [0.3, 0.4) is 0 Å². The van der Waals surface area contributed by atoms with Gasteiger partial charge in [0.25, 0.3) is 0 Å². The van der Waals surface area contributed by atoms with Crippen LogP contribution in [0.25, 0.3) is 43.8 Å². The van der Waals surface area contributed by atoms with Crippen LogP contribution in [-0.4, -0.2) is 8.07 Å². The van der Waals surface area contributed by atoms with Gasteiger partial charge in [0.1, 0.15) is 0 Å². The van der Waals surface area contributed by atoms with E-state index in [-0.39, 0.29) is 51.5 Å². The molecule has 0 unspecified atom stereocenters. The first-order chi connectivity index (χ1) is 21.2. The van der Waals surface area contributed by atoms with E-state index in [1.165, 1.54) is 54.9 Å². The fourth-order valence-corrected chi connectivity index (χ4v) is 13.8. The van der Waals surface area contributed by atoms with Crippen LogP contribution in [0.5, 0.6) is 0 Å². The van der Waals surface area contributed by atoms with E-state index < -0.39 is 8.07 Å². The SMILES string of the molecule is CC(C)[Si](c1cc2c(-c3ccc(C(C)(C)C)cc3)cccc2[cH-]1)(c1cc2c(-c3ccc(C(C)(C)C)cc3)cccc2[cH-]1)C(C)C.[CH3-].[CH3-].[Hf+4]. The summed E-state index contributed by atoms with van der Waals surface area (Å²) in [5, 5.41) is 8.60. The van der Waals surface area contributed by atoms with Crippen molar-refractivity contribution < 1.29 is 25.8 Å². The Kier molecular flexibility index (Phi) is 12.0. The summed E-state index contributed by atoms with van der Waals surface area (Å²) >= 11 is 0. The van der Waals surface area contributed by atoms with Crippen LogP contribution in [-0.2, 0) is 36.7 Å². The number of hydrogen-bond donors (Lipinski definition) is 0. The second kappa shape index (κ2) is 14.6. The third-order valence-corrected chi connectivity index (χ3v) is 16.5. The number of benzene rings is 4. The smallest absolute Gasteiger partial charge is 0.358 e. The van der Waals surface area contributed by atoms with Gasteiger partial charge in [0, 0.05) is 0 Å². The van der Waals surface area contributed by atoms with Crippen LogP contribution in [0.1, 0.15) is 80.4 Å². The summed E-state index contributed by atoms with van der Waals surface area (Å²) in [6.45, 7) is 23.6. The first-order valence-corrected chi connectivity index (χ1v) is 19.0. The van der Waals surface area contributed by atoms with Gasteiger partial charge in [-0.2, -0.15) is 12.1 Å². The molecule has 248 valence electrons. The van der Waals surface area contributed by atoms with Gasteiger partial charge in [0.2, 0.25) is 0 Å². The fraction of sp³-hybridized carbons (Fsp3) is 0.304. The molecule has 6 rings (SSSR count). The Hall–Kier alpha value is -2.81. The molecular weight excluding hydrogens is 759 g/mol. The van der Waals surface area contributed by atoms with E-state index in [4.69, 9.17) is 0 Å². The molecule has 0 radical (unpaired) electrons. The van der Waals surface area contributed by atoms with Crippen LogP contribution in [0, 0.1) is 14.9 Å². The van der Waals surface area contributed by atoms with Crippen LogP contribution in [0.15, 0.2) is 109 Å². The zero-order valence-electron chi connectivity index (χ0n) is 31.5. The third kappa shape index (κ3) is 6.95. The summed E-state index contributed by atoms with van der Waals surface area (Å²) in [5.41, 5.74) is 9.42. The van der Waals surface area contributed by atoms with E-state index in [2.05, 4.69) is 178 Å². The third-order valence-electron chi connectivity index (χ3n) is 10.4. The molecule has 0 saturated heterocycles. The molecule has 0 saturated carbocycles. The van der Waals surface area contributed by atoms with E-state index in [9.17, 15) is 0 Å². The first kappa shape index (κ1) is 39.6. The number of rotatable bonds is 6. The molecule has 0 bridgehead atoms. The van der Waals surface area contributed by atoms with Crippen molar-refractivity contribution in [3.05, 3.63) is 135 Å². The fourth-order valence-electron chi connectivity index (χ4n) is 7.92. The average molecular weight is 816 g/mol.